The van der Waals surface area contributed by atoms with Crippen LogP contribution in [0.1, 0.15) is 0 Å². The predicted molar refractivity (Wildman–Crippen MR) is 43.3 cm³/mol. The van der Waals surface area contributed by atoms with Crippen LogP contribution in [0.5, 0.6) is 5.75 Å². The number of fused-ring (bicyclic) bond motifs is 1. The summed E-state index contributed by atoms with van der Waals surface area (Å²) in [5.74, 6) is 2.33. The van der Waals surface area contributed by atoms with E-state index < -0.39 is 7.77 Å². The van der Waals surface area contributed by atoms with E-state index in [4.69, 9.17) is 4.74 Å². The monoisotopic (exact) mass is 154 g/mol. The highest BCUT2D eigenvalue weighted by Crippen LogP contribution is 2.27. The van der Waals surface area contributed by atoms with Gasteiger partial charge in [0.05, 0.1) is 7.77 Å². The summed E-state index contributed by atoms with van der Waals surface area (Å²) in [6, 6.07) is 7.56. The number of hydrogen-bond donors (Lipinski definition) is 1. The van der Waals surface area contributed by atoms with Gasteiger partial charge in [-0.25, -0.2) is 0 Å². The lowest BCUT2D eigenvalue weighted by molar-refractivity contribution is 0.593. The molecule has 3 heteroatoms. The van der Waals surface area contributed by atoms with Crippen molar-refractivity contribution in [1.29, 1.82) is 0 Å². The SMILES string of the molecule is O[PH]1=COc2ccccc21. The topological polar surface area (TPSA) is 29.5 Å². The van der Waals surface area contributed by atoms with Crippen molar-refractivity contribution < 1.29 is 9.63 Å². The third-order valence-electron chi connectivity index (χ3n) is 1.46. The van der Waals surface area contributed by atoms with Crippen molar-refractivity contribution in [2.75, 3.05) is 0 Å². The Balaban J connectivity index is 2.61. The number of hydrogen-bond acceptors (Lipinski definition) is 2. The highest BCUT2D eigenvalue weighted by molar-refractivity contribution is 7.59. The van der Waals surface area contributed by atoms with E-state index in [9.17, 15) is 4.89 Å². The van der Waals surface area contributed by atoms with Gasteiger partial charge < -0.3 is 9.63 Å². The van der Waals surface area contributed by atoms with Gasteiger partial charge in [0.25, 0.3) is 0 Å². The van der Waals surface area contributed by atoms with Crippen LogP contribution >= 0.6 is 7.77 Å². The van der Waals surface area contributed by atoms with Gasteiger partial charge in [0, 0.05) is 5.30 Å². The van der Waals surface area contributed by atoms with Crippen LogP contribution in [-0.4, -0.2) is 10.9 Å². The Labute approximate surface area is 59.5 Å². The standard InChI is InChI=1S/C7H7O2P/c8-10-5-9-6-3-1-2-4-7(6)10/h1-5,8,10H. The lowest BCUT2D eigenvalue weighted by Gasteiger charge is -1.95. The fraction of sp³-hybridized carbons (Fsp3) is 0. The second kappa shape index (κ2) is 2.15. The van der Waals surface area contributed by atoms with E-state index in [1.165, 1.54) is 5.98 Å². The summed E-state index contributed by atoms with van der Waals surface area (Å²) in [7, 11) is -1.46. The Kier molecular flexibility index (Phi) is 1.30. The normalized spacial score (nSPS) is 21.1. The minimum absolute atomic E-state index is 0.805. The Hall–Kier alpha value is -0.720. The third kappa shape index (κ3) is 0.772. The minimum atomic E-state index is -1.46. The van der Waals surface area contributed by atoms with Gasteiger partial charge in [-0.05, 0) is 12.1 Å². The number of para-hydroxylation sites is 1. The molecule has 1 atom stereocenters. The fourth-order valence-corrected chi connectivity index (χ4v) is 1.99. The molecule has 0 aliphatic carbocycles. The highest BCUT2D eigenvalue weighted by atomic mass is 31.1. The molecule has 0 saturated heterocycles. The quantitative estimate of drug-likeness (QED) is 0.554. The van der Waals surface area contributed by atoms with Crippen LogP contribution < -0.4 is 10.0 Å². The molecule has 0 amide bonds. The van der Waals surface area contributed by atoms with Gasteiger partial charge in [-0.2, -0.15) is 0 Å². The predicted octanol–water partition coefficient (Wildman–Crippen LogP) is 0.586. The van der Waals surface area contributed by atoms with E-state index in [0.29, 0.717) is 0 Å². The molecule has 0 saturated carbocycles. The zero-order chi connectivity index (χ0) is 6.97. The molecule has 1 aromatic carbocycles. The molecule has 0 radical (unpaired) electrons. The second-order valence-electron chi connectivity index (χ2n) is 2.12. The molecular weight excluding hydrogens is 147 g/mol. The van der Waals surface area contributed by atoms with Gasteiger partial charge in [-0.1, -0.05) is 12.1 Å². The molecular formula is C7H7O2P. The lowest BCUT2D eigenvalue weighted by Crippen LogP contribution is -1.92. The molecule has 1 aromatic rings. The van der Waals surface area contributed by atoms with Crippen LogP contribution in [0.3, 0.4) is 0 Å². The van der Waals surface area contributed by atoms with Gasteiger partial charge in [0.15, 0.2) is 0 Å². The molecule has 0 fully saturated rings. The zero-order valence-corrected chi connectivity index (χ0v) is 6.24. The van der Waals surface area contributed by atoms with E-state index in [1.807, 2.05) is 24.3 Å². The molecule has 52 valence electrons. The number of rotatable bonds is 0. The maximum Gasteiger partial charge on any atom is 0.136 e. The fourth-order valence-electron chi connectivity index (χ4n) is 0.964. The van der Waals surface area contributed by atoms with Crippen molar-refractivity contribution in [3.8, 4) is 5.75 Å². The van der Waals surface area contributed by atoms with Crippen LogP contribution in [0, 0.1) is 0 Å². The second-order valence-corrected chi connectivity index (χ2v) is 3.66. The summed E-state index contributed by atoms with van der Waals surface area (Å²) < 4.78 is 5.08. The van der Waals surface area contributed by atoms with Gasteiger partial charge >= 0.3 is 0 Å². The largest absolute Gasteiger partial charge is 0.462 e. The molecule has 1 unspecified atom stereocenters. The molecule has 1 aliphatic rings. The summed E-state index contributed by atoms with van der Waals surface area (Å²) in [5.41, 5.74) is 0. The summed E-state index contributed by atoms with van der Waals surface area (Å²) in [5, 5.41) is 0.951. The van der Waals surface area contributed by atoms with E-state index in [2.05, 4.69) is 0 Å². The first-order valence-corrected chi connectivity index (χ1v) is 4.55. The van der Waals surface area contributed by atoms with Crippen molar-refractivity contribution in [2.24, 2.45) is 0 Å². The Morgan fingerprint density at radius 2 is 2.10 bits per heavy atom. The van der Waals surface area contributed by atoms with Crippen LogP contribution in [0.4, 0.5) is 0 Å². The van der Waals surface area contributed by atoms with Crippen LogP contribution in [0.2, 0.25) is 0 Å². The molecule has 0 aromatic heterocycles. The Bertz CT molecular complexity index is 293. The molecule has 1 N–H and O–H groups in total. The molecule has 2 rings (SSSR count). The molecule has 1 heterocycles. The van der Waals surface area contributed by atoms with Crippen molar-refractivity contribution in [1.82, 2.24) is 0 Å². The average molecular weight is 154 g/mol. The van der Waals surface area contributed by atoms with Gasteiger partial charge in [0.2, 0.25) is 0 Å². The minimum Gasteiger partial charge on any atom is -0.462 e. The van der Waals surface area contributed by atoms with E-state index in [1.54, 1.807) is 0 Å². The van der Waals surface area contributed by atoms with E-state index in [-0.39, 0.29) is 0 Å². The van der Waals surface area contributed by atoms with Gasteiger partial charge in [-0.15, -0.1) is 0 Å². The summed E-state index contributed by atoms with van der Waals surface area (Å²) in [6.45, 7) is 0. The highest BCUT2D eigenvalue weighted by Gasteiger charge is 2.10. The molecule has 1 aliphatic heterocycles. The van der Waals surface area contributed by atoms with Crippen molar-refractivity contribution >= 4 is 19.1 Å². The van der Waals surface area contributed by atoms with Crippen LogP contribution in [0.15, 0.2) is 24.3 Å². The third-order valence-corrected chi connectivity index (χ3v) is 2.77. The molecule has 0 bridgehead atoms. The van der Waals surface area contributed by atoms with Crippen LogP contribution in [-0.2, 0) is 0 Å². The Morgan fingerprint density at radius 3 is 2.90 bits per heavy atom. The van der Waals surface area contributed by atoms with Crippen LogP contribution in [0.25, 0.3) is 0 Å². The molecule has 0 spiro atoms. The van der Waals surface area contributed by atoms with Gasteiger partial charge in [-0.3, -0.25) is 0 Å². The first kappa shape index (κ1) is 6.02. The van der Waals surface area contributed by atoms with Crippen molar-refractivity contribution in [3.05, 3.63) is 24.3 Å². The summed E-state index contributed by atoms with van der Waals surface area (Å²) in [4.78, 5) is 9.30. The van der Waals surface area contributed by atoms with Gasteiger partial charge in [0.1, 0.15) is 11.7 Å². The maximum absolute atomic E-state index is 9.30. The first-order chi connectivity index (χ1) is 4.88. The maximum atomic E-state index is 9.30. The van der Waals surface area contributed by atoms with Crippen molar-refractivity contribution in [3.63, 3.8) is 0 Å². The van der Waals surface area contributed by atoms with E-state index in [0.717, 1.165) is 11.1 Å². The molecule has 2 nitrogen and oxygen atoms in total. The summed E-state index contributed by atoms with van der Waals surface area (Å²) in [6.07, 6.45) is 0. The smallest absolute Gasteiger partial charge is 0.136 e. The van der Waals surface area contributed by atoms with E-state index >= 15 is 0 Å². The zero-order valence-electron chi connectivity index (χ0n) is 5.24. The molecule has 10 heavy (non-hydrogen) atoms. The number of ether oxygens (including phenoxy) is 1. The summed E-state index contributed by atoms with van der Waals surface area (Å²) >= 11 is 0. The first-order valence-electron chi connectivity index (χ1n) is 3.03. The lowest BCUT2D eigenvalue weighted by atomic mass is 10.3. The Morgan fingerprint density at radius 1 is 1.30 bits per heavy atom. The average Bonchev–Trinajstić information content (AvgIpc) is 2.34. The number of benzene rings is 1. The van der Waals surface area contributed by atoms with Crippen molar-refractivity contribution in [2.45, 2.75) is 0 Å².